The number of aliphatic hydroxyl groups excluding tert-OH is 1. The van der Waals surface area contributed by atoms with Crippen LogP contribution < -0.4 is 14.2 Å². The number of fused-ring (bicyclic) bond motifs is 1. The largest absolute Gasteiger partial charge is 0.507 e. The van der Waals surface area contributed by atoms with Crippen molar-refractivity contribution in [2.75, 3.05) is 7.11 Å². The van der Waals surface area contributed by atoms with Crippen LogP contribution in [-0.4, -0.2) is 41.0 Å². The summed E-state index contributed by atoms with van der Waals surface area (Å²) in [5, 5.41) is 11.5. The van der Waals surface area contributed by atoms with E-state index in [4.69, 9.17) is 14.2 Å². The minimum atomic E-state index is -0.803. The molecule has 0 spiro atoms. The van der Waals surface area contributed by atoms with Gasteiger partial charge in [-0.3, -0.25) is 9.59 Å². The Morgan fingerprint density at radius 3 is 2.58 bits per heavy atom. The molecule has 7 nitrogen and oxygen atoms in total. The van der Waals surface area contributed by atoms with Crippen LogP contribution in [0.1, 0.15) is 49.1 Å². The lowest BCUT2D eigenvalue weighted by atomic mass is 9.94. The highest BCUT2D eigenvalue weighted by molar-refractivity contribution is 6.46. The van der Waals surface area contributed by atoms with Crippen LogP contribution in [0.3, 0.4) is 0 Å². The fourth-order valence-electron chi connectivity index (χ4n) is 5.11. The van der Waals surface area contributed by atoms with Crippen molar-refractivity contribution >= 4 is 17.4 Å². The Balaban J connectivity index is 1.60. The Morgan fingerprint density at radius 2 is 1.82 bits per heavy atom. The smallest absolute Gasteiger partial charge is 0.295 e. The number of aliphatic hydroxyl groups is 1. The minimum absolute atomic E-state index is 0.00281. The van der Waals surface area contributed by atoms with Crippen LogP contribution >= 0.6 is 0 Å². The van der Waals surface area contributed by atoms with Gasteiger partial charge in [-0.25, -0.2) is 0 Å². The molecule has 2 unspecified atom stereocenters. The maximum atomic E-state index is 13.5. The average molecular weight is 514 g/mol. The number of ketones is 1. The van der Waals surface area contributed by atoms with Crippen LogP contribution in [0.5, 0.6) is 17.2 Å². The van der Waals surface area contributed by atoms with Gasteiger partial charge >= 0.3 is 0 Å². The van der Waals surface area contributed by atoms with E-state index in [1.54, 1.807) is 37.4 Å². The van der Waals surface area contributed by atoms with Gasteiger partial charge in [0.15, 0.2) is 0 Å². The Kier molecular flexibility index (Phi) is 6.85. The van der Waals surface area contributed by atoms with Crippen molar-refractivity contribution in [3.8, 4) is 17.2 Å². The average Bonchev–Trinajstić information content (AvgIpc) is 3.39. The maximum Gasteiger partial charge on any atom is 0.295 e. The van der Waals surface area contributed by atoms with Crippen molar-refractivity contribution in [2.24, 2.45) is 0 Å². The summed E-state index contributed by atoms with van der Waals surface area (Å²) in [6, 6.07) is 19.2. The number of likely N-dealkylation sites (tertiary alicyclic amines) is 1. The van der Waals surface area contributed by atoms with E-state index in [0.29, 0.717) is 29.0 Å². The number of rotatable bonds is 7. The third-order valence-corrected chi connectivity index (χ3v) is 6.74. The fourth-order valence-corrected chi connectivity index (χ4v) is 5.11. The molecule has 3 aromatic rings. The second-order valence-electron chi connectivity index (χ2n) is 9.97. The van der Waals surface area contributed by atoms with Gasteiger partial charge in [0.1, 0.15) is 29.1 Å². The molecule has 0 aromatic heterocycles. The number of Topliss-reactive ketones (excluding diaryl/α,β-unsaturated/α-hetero) is 1. The minimum Gasteiger partial charge on any atom is -0.507 e. The van der Waals surface area contributed by atoms with E-state index in [1.807, 2.05) is 57.2 Å². The van der Waals surface area contributed by atoms with Gasteiger partial charge in [-0.05, 0) is 79.9 Å². The predicted molar refractivity (Wildman–Crippen MR) is 143 cm³/mol. The fraction of sp³-hybridized carbons (Fsp3) is 0.290. The number of methoxy groups -OCH3 is 1. The highest BCUT2D eigenvalue weighted by Crippen LogP contribution is 2.42. The molecule has 1 saturated heterocycles. The van der Waals surface area contributed by atoms with Crippen LogP contribution in [0.4, 0.5) is 0 Å². The summed E-state index contributed by atoms with van der Waals surface area (Å²) in [6.07, 6.45) is 0.746. The zero-order chi connectivity index (χ0) is 27.0. The Labute approximate surface area is 222 Å². The van der Waals surface area contributed by atoms with Gasteiger partial charge in [-0.15, -0.1) is 0 Å². The summed E-state index contributed by atoms with van der Waals surface area (Å²) < 4.78 is 17.0. The second kappa shape index (κ2) is 10.2. The van der Waals surface area contributed by atoms with Gasteiger partial charge in [0.05, 0.1) is 24.8 Å². The number of hydrogen-bond donors (Lipinski definition) is 1. The Morgan fingerprint density at radius 1 is 1.05 bits per heavy atom. The Bertz CT molecular complexity index is 1430. The molecular formula is C31H31NO6. The summed E-state index contributed by atoms with van der Waals surface area (Å²) >= 11 is 0. The molecule has 2 heterocycles. The van der Waals surface area contributed by atoms with Gasteiger partial charge in [0.2, 0.25) is 0 Å². The van der Waals surface area contributed by atoms with Crippen LogP contribution in [0.2, 0.25) is 0 Å². The van der Waals surface area contributed by atoms with Crippen molar-refractivity contribution in [3.05, 3.63) is 94.6 Å². The zero-order valence-electron chi connectivity index (χ0n) is 21.9. The van der Waals surface area contributed by atoms with E-state index in [9.17, 15) is 14.7 Å². The van der Waals surface area contributed by atoms with Gasteiger partial charge < -0.3 is 24.2 Å². The first-order valence-electron chi connectivity index (χ1n) is 12.7. The van der Waals surface area contributed by atoms with E-state index in [1.165, 1.54) is 4.90 Å². The molecule has 1 amide bonds. The zero-order valence-corrected chi connectivity index (χ0v) is 21.9. The van der Waals surface area contributed by atoms with Gasteiger partial charge in [0, 0.05) is 18.5 Å². The third-order valence-electron chi connectivity index (χ3n) is 6.74. The second-order valence-corrected chi connectivity index (χ2v) is 9.97. The SMILES string of the molecule is COc1cccc(C2/C(=C(/O)c3ccc4c(c3)CC(C)O4)C(=O)C(=O)N2Cc2cccc(OC(C)C)c2)c1. The standard InChI is InChI=1S/C31H31NO6/c1-18(2)37-25-10-5-7-20(14-25)17-32-28(21-8-6-9-24(16-21)36-4)27(30(34)31(32)35)29(33)22-11-12-26-23(15-22)13-19(3)38-26/h5-12,14-16,18-19,28,33H,13,17H2,1-4H3/b29-27-. The van der Waals surface area contributed by atoms with E-state index in [2.05, 4.69) is 0 Å². The first kappa shape index (κ1) is 25.4. The van der Waals surface area contributed by atoms with E-state index in [0.717, 1.165) is 16.9 Å². The normalized spacial score (nSPS) is 20.0. The molecule has 2 aliphatic heterocycles. The van der Waals surface area contributed by atoms with Crippen LogP contribution in [0, 0.1) is 0 Å². The molecule has 0 aliphatic carbocycles. The first-order chi connectivity index (χ1) is 18.2. The molecular weight excluding hydrogens is 482 g/mol. The lowest BCUT2D eigenvalue weighted by molar-refractivity contribution is -0.140. The molecule has 2 aliphatic rings. The van der Waals surface area contributed by atoms with Crippen molar-refractivity contribution in [1.82, 2.24) is 4.90 Å². The molecule has 1 fully saturated rings. The van der Waals surface area contributed by atoms with Crippen molar-refractivity contribution in [3.63, 3.8) is 0 Å². The Hall–Kier alpha value is -4.26. The number of ether oxygens (including phenoxy) is 3. The first-order valence-corrected chi connectivity index (χ1v) is 12.7. The van der Waals surface area contributed by atoms with Crippen molar-refractivity contribution in [2.45, 2.75) is 52.0 Å². The quantitative estimate of drug-likeness (QED) is 0.258. The summed E-state index contributed by atoms with van der Waals surface area (Å²) in [6.45, 7) is 6.03. The van der Waals surface area contributed by atoms with Crippen LogP contribution in [-0.2, 0) is 22.6 Å². The number of amides is 1. The van der Waals surface area contributed by atoms with E-state index >= 15 is 0 Å². The molecule has 2 atom stereocenters. The molecule has 0 bridgehead atoms. The molecule has 196 valence electrons. The topological polar surface area (TPSA) is 85.3 Å². The number of nitrogens with zero attached hydrogens (tertiary/aromatic N) is 1. The summed E-state index contributed by atoms with van der Waals surface area (Å²) in [4.78, 5) is 28.4. The summed E-state index contributed by atoms with van der Waals surface area (Å²) in [7, 11) is 1.56. The van der Waals surface area contributed by atoms with Crippen molar-refractivity contribution < 1.29 is 28.9 Å². The molecule has 3 aromatic carbocycles. The van der Waals surface area contributed by atoms with Crippen molar-refractivity contribution in [1.29, 1.82) is 0 Å². The maximum absolute atomic E-state index is 13.5. The molecule has 0 radical (unpaired) electrons. The highest BCUT2D eigenvalue weighted by atomic mass is 16.5. The number of benzene rings is 3. The lowest BCUT2D eigenvalue weighted by Gasteiger charge is -2.26. The molecule has 0 saturated carbocycles. The van der Waals surface area contributed by atoms with Gasteiger partial charge in [-0.2, -0.15) is 0 Å². The number of carbonyl (C=O) groups is 2. The number of hydrogen-bond acceptors (Lipinski definition) is 6. The van der Waals surface area contributed by atoms with Gasteiger partial charge in [0.25, 0.3) is 11.7 Å². The highest BCUT2D eigenvalue weighted by Gasteiger charge is 2.46. The molecule has 38 heavy (non-hydrogen) atoms. The monoisotopic (exact) mass is 513 g/mol. The van der Waals surface area contributed by atoms with Crippen LogP contribution in [0.15, 0.2) is 72.3 Å². The predicted octanol–water partition coefficient (Wildman–Crippen LogP) is 5.43. The molecule has 1 N–H and O–H groups in total. The van der Waals surface area contributed by atoms with E-state index < -0.39 is 17.7 Å². The number of carbonyl (C=O) groups excluding carboxylic acids is 2. The molecule has 7 heteroatoms. The summed E-state index contributed by atoms with van der Waals surface area (Å²) in [5.41, 5.74) is 2.94. The van der Waals surface area contributed by atoms with Crippen LogP contribution in [0.25, 0.3) is 5.76 Å². The molecule has 5 rings (SSSR count). The summed E-state index contributed by atoms with van der Waals surface area (Å²) in [5.74, 6) is 0.425. The lowest BCUT2D eigenvalue weighted by Crippen LogP contribution is -2.29. The van der Waals surface area contributed by atoms with Gasteiger partial charge in [-0.1, -0.05) is 24.3 Å². The van der Waals surface area contributed by atoms with E-state index in [-0.39, 0.29) is 30.1 Å². The third kappa shape index (κ3) is 4.84.